The second-order valence-electron chi connectivity index (χ2n) is 7.95. The lowest BCUT2D eigenvalue weighted by Gasteiger charge is -2.33. The Kier molecular flexibility index (Phi) is 9.73. The number of carbonyl (C=O) groups excluding carboxylic acids is 2. The molecule has 0 heterocycles. The number of hydrogen-bond acceptors (Lipinski definition) is 4. The molecule has 0 saturated carbocycles. The maximum absolute atomic E-state index is 13.5. The zero-order chi connectivity index (χ0) is 24.6. The molecule has 33 heavy (non-hydrogen) atoms. The largest absolute Gasteiger partial charge is 0.354 e. The van der Waals surface area contributed by atoms with E-state index >= 15 is 0 Å². The monoisotopic (exact) mass is 493 g/mol. The predicted octanol–water partition coefficient (Wildman–Crippen LogP) is 3.75. The van der Waals surface area contributed by atoms with E-state index in [1.165, 1.54) is 4.90 Å². The molecule has 1 N–H and O–H groups in total. The van der Waals surface area contributed by atoms with Crippen molar-refractivity contribution < 1.29 is 18.0 Å². The van der Waals surface area contributed by atoms with Crippen LogP contribution in [0.15, 0.2) is 48.5 Å². The van der Waals surface area contributed by atoms with Gasteiger partial charge in [0.05, 0.1) is 17.0 Å². The number of hydrogen-bond donors (Lipinski definition) is 1. The molecule has 0 aromatic heterocycles. The van der Waals surface area contributed by atoms with Gasteiger partial charge in [-0.1, -0.05) is 67.4 Å². The maximum atomic E-state index is 13.5. The number of anilines is 1. The van der Waals surface area contributed by atoms with Crippen molar-refractivity contribution in [2.75, 3.05) is 23.7 Å². The first-order valence-corrected chi connectivity index (χ1v) is 13.2. The number of halogens is 1. The molecule has 0 aliphatic carbocycles. The Bertz CT molecular complexity index is 1070. The summed E-state index contributed by atoms with van der Waals surface area (Å²) in [7, 11) is -3.81. The van der Waals surface area contributed by atoms with Gasteiger partial charge in [-0.15, -0.1) is 0 Å². The number of para-hydroxylation sites is 1. The van der Waals surface area contributed by atoms with Crippen LogP contribution in [0.1, 0.15) is 37.8 Å². The zero-order valence-electron chi connectivity index (χ0n) is 19.5. The van der Waals surface area contributed by atoms with Gasteiger partial charge in [-0.2, -0.15) is 0 Å². The number of sulfonamides is 1. The highest BCUT2D eigenvalue weighted by atomic mass is 35.5. The lowest BCUT2D eigenvalue weighted by atomic mass is 10.1. The van der Waals surface area contributed by atoms with Crippen molar-refractivity contribution in [2.45, 2.75) is 46.2 Å². The summed E-state index contributed by atoms with van der Waals surface area (Å²) < 4.78 is 26.1. The average molecular weight is 494 g/mol. The number of benzene rings is 2. The topological polar surface area (TPSA) is 86.8 Å². The Morgan fingerprint density at radius 2 is 1.79 bits per heavy atom. The maximum Gasteiger partial charge on any atom is 0.244 e. The van der Waals surface area contributed by atoms with Crippen LogP contribution in [0.3, 0.4) is 0 Å². The minimum atomic E-state index is -3.81. The average Bonchev–Trinajstić information content (AvgIpc) is 2.75. The molecule has 9 heteroatoms. The molecule has 180 valence electrons. The fourth-order valence-corrected chi connectivity index (χ4v) is 4.69. The van der Waals surface area contributed by atoms with Gasteiger partial charge < -0.3 is 10.2 Å². The van der Waals surface area contributed by atoms with Crippen molar-refractivity contribution in [1.29, 1.82) is 0 Å². The van der Waals surface area contributed by atoms with E-state index in [-0.39, 0.29) is 23.2 Å². The Hall–Kier alpha value is -2.58. The Morgan fingerprint density at radius 3 is 2.36 bits per heavy atom. The van der Waals surface area contributed by atoms with Crippen LogP contribution < -0.4 is 9.62 Å². The molecule has 0 aliphatic rings. The highest BCUT2D eigenvalue weighted by molar-refractivity contribution is 7.92. The van der Waals surface area contributed by atoms with E-state index in [0.717, 1.165) is 28.1 Å². The fraction of sp³-hybridized carbons (Fsp3) is 0.417. The number of carbonyl (C=O) groups is 2. The summed E-state index contributed by atoms with van der Waals surface area (Å²) in [4.78, 5) is 27.9. The van der Waals surface area contributed by atoms with Crippen LogP contribution in [-0.2, 0) is 26.2 Å². The van der Waals surface area contributed by atoms with E-state index in [2.05, 4.69) is 5.32 Å². The molecule has 0 aliphatic heterocycles. The molecule has 0 fully saturated rings. The third-order valence-electron chi connectivity index (χ3n) is 5.17. The zero-order valence-corrected chi connectivity index (χ0v) is 21.1. The van der Waals surface area contributed by atoms with Gasteiger partial charge in [0.2, 0.25) is 21.8 Å². The Labute approximate surface area is 201 Å². The first-order chi connectivity index (χ1) is 15.6. The lowest BCUT2D eigenvalue weighted by molar-refractivity contribution is -0.140. The molecule has 2 aromatic rings. The van der Waals surface area contributed by atoms with Crippen molar-refractivity contribution >= 4 is 39.1 Å². The number of nitrogens with one attached hydrogen (secondary N) is 1. The molecule has 2 aromatic carbocycles. The summed E-state index contributed by atoms with van der Waals surface area (Å²) >= 11 is 6.24. The van der Waals surface area contributed by atoms with Crippen LogP contribution in [0.2, 0.25) is 5.02 Å². The van der Waals surface area contributed by atoms with Gasteiger partial charge in [0.1, 0.15) is 12.6 Å². The Balaban J connectivity index is 2.44. The van der Waals surface area contributed by atoms with Gasteiger partial charge in [-0.25, -0.2) is 8.42 Å². The van der Waals surface area contributed by atoms with Crippen LogP contribution in [0, 0.1) is 6.92 Å². The normalized spacial score (nSPS) is 12.2. The SMILES string of the molecule is CCCNC(=O)[C@@H](CC)N(Cc1cccc(C)c1)C(=O)CN(c1ccccc1Cl)S(C)(=O)=O. The van der Waals surface area contributed by atoms with Crippen LogP contribution in [-0.4, -0.2) is 50.5 Å². The van der Waals surface area contributed by atoms with Crippen LogP contribution in [0.4, 0.5) is 5.69 Å². The fourth-order valence-electron chi connectivity index (χ4n) is 3.54. The van der Waals surface area contributed by atoms with Gasteiger partial charge in [0, 0.05) is 13.1 Å². The highest BCUT2D eigenvalue weighted by Crippen LogP contribution is 2.27. The minimum Gasteiger partial charge on any atom is -0.354 e. The second kappa shape index (κ2) is 12.0. The third kappa shape index (κ3) is 7.47. The molecule has 0 bridgehead atoms. The van der Waals surface area contributed by atoms with E-state index in [1.54, 1.807) is 24.3 Å². The standard InChI is InChI=1S/C24H32ClN3O4S/c1-5-14-26-24(30)21(6-2)27(16-19-11-9-10-18(3)15-19)23(29)17-28(33(4,31)32)22-13-8-7-12-20(22)25/h7-13,15,21H,5-6,14,16-17H2,1-4H3,(H,26,30)/t21-/m1/s1. The molecule has 0 spiro atoms. The first kappa shape index (κ1) is 26.7. The lowest BCUT2D eigenvalue weighted by Crippen LogP contribution is -2.52. The van der Waals surface area contributed by atoms with Crippen molar-refractivity contribution in [3.63, 3.8) is 0 Å². The molecule has 2 rings (SSSR count). The number of amides is 2. The molecular formula is C24H32ClN3O4S. The van der Waals surface area contributed by atoms with E-state index in [0.29, 0.717) is 13.0 Å². The summed E-state index contributed by atoms with van der Waals surface area (Å²) in [5, 5.41) is 3.07. The van der Waals surface area contributed by atoms with Crippen LogP contribution in [0.25, 0.3) is 0 Å². The van der Waals surface area contributed by atoms with Crippen molar-refractivity contribution in [3.8, 4) is 0 Å². The number of aryl methyl sites for hydroxylation is 1. The summed E-state index contributed by atoms with van der Waals surface area (Å²) in [6.45, 7) is 5.94. The quantitative estimate of drug-likeness (QED) is 0.516. The van der Waals surface area contributed by atoms with E-state index in [1.807, 2.05) is 45.0 Å². The van der Waals surface area contributed by atoms with Crippen molar-refractivity contribution in [1.82, 2.24) is 10.2 Å². The number of nitrogens with zero attached hydrogens (tertiary/aromatic N) is 2. The Morgan fingerprint density at radius 1 is 1.09 bits per heavy atom. The van der Waals surface area contributed by atoms with E-state index < -0.39 is 28.5 Å². The molecule has 1 atom stereocenters. The summed E-state index contributed by atoms with van der Waals surface area (Å²) in [6, 6.07) is 13.4. The highest BCUT2D eigenvalue weighted by Gasteiger charge is 2.32. The van der Waals surface area contributed by atoms with Gasteiger partial charge in [0.25, 0.3) is 0 Å². The van der Waals surface area contributed by atoms with Gasteiger partial charge >= 0.3 is 0 Å². The molecule has 0 unspecified atom stereocenters. The predicted molar refractivity (Wildman–Crippen MR) is 133 cm³/mol. The van der Waals surface area contributed by atoms with Crippen molar-refractivity contribution in [2.24, 2.45) is 0 Å². The summed E-state index contributed by atoms with van der Waals surface area (Å²) in [5.74, 6) is -0.746. The minimum absolute atomic E-state index is 0.179. The summed E-state index contributed by atoms with van der Waals surface area (Å²) in [6.07, 6.45) is 2.18. The van der Waals surface area contributed by atoms with Crippen LogP contribution >= 0.6 is 11.6 Å². The van der Waals surface area contributed by atoms with E-state index in [4.69, 9.17) is 11.6 Å². The molecule has 7 nitrogen and oxygen atoms in total. The molecule has 0 saturated heterocycles. The molecule has 0 radical (unpaired) electrons. The summed E-state index contributed by atoms with van der Waals surface area (Å²) in [5.41, 5.74) is 2.10. The third-order valence-corrected chi connectivity index (χ3v) is 6.62. The van der Waals surface area contributed by atoms with Crippen molar-refractivity contribution in [3.05, 3.63) is 64.7 Å². The van der Waals surface area contributed by atoms with E-state index in [9.17, 15) is 18.0 Å². The van der Waals surface area contributed by atoms with Crippen LogP contribution in [0.5, 0.6) is 0 Å². The van der Waals surface area contributed by atoms with Gasteiger partial charge in [-0.05, 0) is 37.5 Å². The number of rotatable bonds is 11. The first-order valence-electron chi connectivity index (χ1n) is 10.9. The van der Waals surface area contributed by atoms with Gasteiger partial charge in [-0.3, -0.25) is 13.9 Å². The molecular weight excluding hydrogens is 462 g/mol. The second-order valence-corrected chi connectivity index (χ2v) is 10.3. The molecule has 2 amide bonds. The van der Waals surface area contributed by atoms with Gasteiger partial charge in [0.15, 0.2) is 0 Å². The smallest absolute Gasteiger partial charge is 0.244 e.